The lowest BCUT2D eigenvalue weighted by Gasteiger charge is -2.47. The molecule has 31 heavy (non-hydrogen) atoms. The van der Waals surface area contributed by atoms with Gasteiger partial charge in [-0.2, -0.15) is 0 Å². The average Bonchev–Trinajstić information content (AvgIpc) is 3.15. The zero-order valence-corrected chi connectivity index (χ0v) is 18.6. The first kappa shape index (κ1) is 23.9. The standard InChI is InChI=1S/C19H22BrClN2O8/c1-7(25)23-15-11(26)4-19(18(29)30,31-17(15)16(28)12(27)6-24)8-5-22-10-3-2-9(20)14(21)13(8)10/h2-3,5,11-12,15-17,22,24,26-28H,4,6H2,1H3,(H,23,25)(H,29,30)/t11-,12-,15+,16-,17-,19+/m1/s1. The Hall–Kier alpha value is -1.73. The molecule has 3 rings (SSSR count). The summed E-state index contributed by atoms with van der Waals surface area (Å²) >= 11 is 9.70. The van der Waals surface area contributed by atoms with Crippen molar-refractivity contribution in [2.75, 3.05) is 6.61 Å². The van der Waals surface area contributed by atoms with Crippen LogP contribution in [0.25, 0.3) is 10.9 Å². The number of aliphatic hydroxyl groups excluding tert-OH is 4. The molecule has 1 amide bonds. The molecule has 1 aromatic heterocycles. The van der Waals surface area contributed by atoms with E-state index in [-0.39, 0.29) is 10.6 Å². The van der Waals surface area contributed by atoms with E-state index in [0.29, 0.717) is 15.4 Å². The number of benzene rings is 1. The highest BCUT2D eigenvalue weighted by molar-refractivity contribution is 9.10. The number of aliphatic carboxylic acids is 1. The number of ether oxygens (including phenoxy) is 1. The predicted octanol–water partition coefficient (Wildman–Crippen LogP) is 0.232. The Morgan fingerprint density at radius 1 is 1.42 bits per heavy atom. The first-order chi connectivity index (χ1) is 14.5. The maximum absolute atomic E-state index is 12.5. The molecule has 0 saturated carbocycles. The summed E-state index contributed by atoms with van der Waals surface area (Å²) in [6, 6.07) is 2.10. The Balaban J connectivity index is 2.18. The van der Waals surface area contributed by atoms with Gasteiger partial charge in [-0.1, -0.05) is 11.6 Å². The number of nitrogens with one attached hydrogen (secondary N) is 2. The summed E-state index contributed by atoms with van der Waals surface area (Å²) in [5.74, 6) is -2.04. The Morgan fingerprint density at radius 3 is 2.68 bits per heavy atom. The number of H-pyrrole nitrogens is 1. The zero-order chi connectivity index (χ0) is 23.1. The summed E-state index contributed by atoms with van der Waals surface area (Å²) in [6.45, 7) is 0.324. The molecule has 0 unspecified atom stereocenters. The molecule has 1 aliphatic heterocycles. The fourth-order valence-electron chi connectivity index (χ4n) is 3.92. The molecule has 1 fully saturated rings. The molecular formula is C19H22BrClN2O8. The van der Waals surface area contributed by atoms with E-state index in [1.54, 1.807) is 12.1 Å². The number of aromatic nitrogens is 1. The molecule has 1 aliphatic rings. The number of hydrogen-bond donors (Lipinski definition) is 7. The van der Waals surface area contributed by atoms with E-state index in [9.17, 15) is 35.1 Å². The number of fused-ring (bicyclic) bond motifs is 1. The molecule has 1 aromatic carbocycles. The number of carbonyl (C=O) groups is 2. The van der Waals surface area contributed by atoms with Gasteiger partial charge in [0.1, 0.15) is 18.3 Å². The van der Waals surface area contributed by atoms with Crippen molar-refractivity contribution >= 4 is 50.3 Å². The molecular weight excluding hydrogens is 500 g/mol. The van der Waals surface area contributed by atoms with Gasteiger partial charge in [-0.05, 0) is 28.1 Å². The summed E-state index contributed by atoms with van der Waals surface area (Å²) in [7, 11) is 0. The quantitative estimate of drug-likeness (QED) is 0.283. The van der Waals surface area contributed by atoms with Crippen LogP contribution in [0.1, 0.15) is 18.9 Å². The Labute approximate surface area is 189 Å². The minimum Gasteiger partial charge on any atom is -0.479 e. The van der Waals surface area contributed by atoms with Crippen molar-refractivity contribution in [3.05, 3.63) is 33.4 Å². The summed E-state index contributed by atoms with van der Waals surface area (Å²) < 4.78 is 6.36. The number of carboxylic acid groups (broad SMARTS) is 1. The van der Waals surface area contributed by atoms with Crippen molar-refractivity contribution < 1.29 is 39.9 Å². The van der Waals surface area contributed by atoms with E-state index in [1.165, 1.54) is 13.1 Å². The molecule has 1 saturated heterocycles. The smallest absolute Gasteiger partial charge is 0.340 e. The van der Waals surface area contributed by atoms with Crippen LogP contribution in [-0.2, 0) is 19.9 Å². The van der Waals surface area contributed by atoms with Crippen molar-refractivity contribution in [3.63, 3.8) is 0 Å². The van der Waals surface area contributed by atoms with Crippen molar-refractivity contribution in [3.8, 4) is 0 Å². The van der Waals surface area contributed by atoms with Gasteiger partial charge in [0, 0.05) is 40.5 Å². The number of rotatable bonds is 6. The van der Waals surface area contributed by atoms with Gasteiger partial charge in [0.2, 0.25) is 5.91 Å². The molecule has 10 nitrogen and oxygen atoms in total. The number of halogens is 2. The molecule has 0 bridgehead atoms. The van der Waals surface area contributed by atoms with Gasteiger partial charge in [0.15, 0.2) is 5.60 Å². The number of amides is 1. The number of carbonyl (C=O) groups excluding carboxylic acids is 1. The summed E-state index contributed by atoms with van der Waals surface area (Å²) in [6.07, 6.45) is -5.67. The Morgan fingerprint density at radius 2 is 2.10 bits per heavy atom. The molecule has 6 atom stereocenters. The van der Waals surface area contributed by atoms with Crippen LogP contribution in [0, 0.1) is 0 Å². The molecule has 0 aliphatic carbocycles. The Bertz CT molecular complexity index is 1000. The van der Waals surface area contributed by atoms with Crippen LogP contribution < -0.4 is 5.32 Å². The number of aromatic amines is 1. The molecule has 12 heteroatoms. The van der Waals surface area contributed by atoms with Crippen molar-refractivity contribution in [2.45, 2.75) is 49.4 Å². The Kier molecular flexibility index (Phi) is 6.96. The van der Waals surface area contributed by atoms with E-state index < -0.39 is 61.0 Å². The highest BCUT2D eigenvalue weighted by Crippen LogP contribution is 2.45. The third kappa shape index (κ3) is 4.19. The van der Waals surface area contributed by atoms with E-state index in [1.807, 2.05) is 0 Å². The second kappa shape index (κ2) is 9.02. The van der Waals surface area contributed by atoms with Crippen LogP contribution in [0.3, 0.4) is 0 Å². The fourth-order valence-corrected chi connectivity index (χ4v) is 4.51. The van der Waals surface area contributed by atoms with Crippen LogP contribution in [0.5, 0.6) is 0 Å². The highest BCUT2D eigenvalue weighted by atomic mass is 79.9. The van der Waals surface area contributed by atoms with Crippen LogP contribution in [0.15, 0.2) is 22.8 Å². The predicted molar refractivity (Wildman–Crippen MR) is 113 cm³/mol. The lowest BCUT2D eigenvalue weighted by molar-refractivity contribution is -0.233. The number of carboxylic acids is 1. The average molecular weight is 522 g/mol. The largest absolute Gasteiger partial charge is 0.479 e. The van der Waals surface area contributed by atoms with Gasteiger partial charge in [-0.25, -0.2) is 4.79 Å². The van der Waals surface area contributed by atoms with Crippen molar-refractivity contribution in [1.82, 2.24) is 10.3 Å². The van der Waals surface area contributed by atoms with Gasteiger partial charge in [-0.15, -0.1) is 0 Å². The lowest BCUT2D eigenvalue weighted by atomic mass is 9.79. The fraction of sp³-hybridized carbons (Fsp3) is 0.474. The topological polar surface area (TPSA) is 172 Å². The van der Waals surface area contributed by atoms with Gasteiger partial charge in [-0.3, -0.25) is 4.79 Å². The normalized spacial score (nSPS) is 28.3. The minimum absolute atomic E-state index is 0.0947. The van der Waals surface area contributed by atoms with Crippen molar-refractivity contribution in [2.24, 2.45) is 0 Å². The molecule has 2 heterocycles. The van der Waals surface area contributed by atoms with E-state index in [0.717, 1.165) is 0 Å². The van der Waals surface area contributed by atoms with Crippen LogP contribution in [0.4, 0.5) is 0 Å². The van der Waals surface area contributed by atoms with Crippen molar-refractivity contribution in [1.29, 1.82) is 0 Å². The van der Waals surface area contributed by atoms with E-state index in [4.69, 9.17) is 16.3 Å². The first-order valence-electron chi connectivity index (χ1n) is 9.32. The maximum Gasteiger partial charge on any atom is 0.340 e. The van der Waals surface area contributed by atoms with Gasteiger partial charge in [0.05, 0.1) is 23.8 Å². The van der Waals surface area contributed by atoms with Crippen LogP contribution in [0.2, 0.25) is 5.02 Å². The van der Waals surface area contributed by atoms with Gasteiger partial charge < -0.3 is 40.6 Å². The van der Waals surface area contributed by atoms with Crippen LogP contribution >= 0.6 is 27.5 Å². The van der Waals surface area contributed by atoms with E-state index >= 15 is 0 Å². The third-order valence-electron chi connectivity index (χ3n) is 5.41. The minimum atomic E-state index is -2.18. The van der Waals surface area contributed by atoms with Gasteiger partial charge >= 0.3 is 5.97 Å². The molecule has 0 spiro atoms. The molecule has 7 N–H and O–H groups in total. The monoisotopic (exact) mass is 520 g/mol. The SMILES string of the molecule is CC(=O)N[C@@H]1[C@H]([C@H](O)[C@H](O)CO)O[C@](C(=O)O)(c2c[nH]c3ccc(Br)c(Cl)c23)C[C@H]1O. The summed E-state index contributed by atoms with van der Waals surface area (Å²) in [4.78, 5) is 27.1. The maximum atomic E-state index is 12.5. The van der Waals surface area contributed by atoms with Gasteiger partial charge in [0.25, 0.3) is 0 Å². The third-order valence-corrected chi connectivity index (χ3v) is 6.69. The second-order valence-corrected chi connectivity index (χ2v) is 8.67. The molecule has 170 valence electrons. The lowest BCUT2D eigenvalue weighted by Crippen LogP contribution is -2.66. The molecule has 0 radical (unpaired) electrons. The summed E-state index contributed by atoms with van der Waals surface area (Å²) in [5, 5.41) is 53.7. The van der Waals surface area contributed by atoms with E-state index in [2.05, 4.69) is 26.2 Å². The van der Waals surface area contributed by atoms with Crippen LogP contribution in [-0.4, -0.2) is 79.5 Å². The number of hydrogen-bond acceptors (Lipinski definition) is 7. The zero-order valence-electron chi connectivity index (χ0n) is 16.2. The number of aliphatic hydroxyl groups is 4. The molecule has 2 aromatic rings. The summed E-state index contributed by atoms with van der Waals surface area (Å²) in [5.41, 5.74) is -1.58. The second-order valence-electron chi connectivity index (χ2n) is 7.44. The highest BCUT2D eigenvalue weighted by Gasteiger charge is 2.56. The first-order valence-corrected chi connectivity index (χ1v) is 10.5.